The molecule has 0 fully saturated rings. The smallest absolute Gasteiger partial charge is 0.137 e. The van der Waals surface area contributed by atoms with Crippen LogP contribution in [-0.4, -0.2) is 16.2 Å². The highest BCUT2D eigenvalue weighted by atomic mass is 16.5. The second kappa shape index (κ2) is 13.9. The molecule has 0 unspecified atom stereocenters. The number of benzene rings is 7. The van der Waals surface area contributed by atoms with Crippen molar-refractivity contribution in [3.8, 4) is 39.6 Å². The van der Waals surface area contributed by atoms with Crippen LogP contribution in [0.15, 0.2) is 188 Å². The van der Waals surface area contributed by atoms with Crippen molar-refractivity contribution in [1.82, 2.24) is 9.55 Å². The maximum absolute atomic E-state index is 6.72. The number of nitrogens with zero attached hydrogens (tertiary/aromatic N) is 4. The van der Waals surface area contributed by atoms with E-state index in [1.165, 1.54) is 33.2 Å². The highest BCUT2D eigenvalue weighted by molar-refractivity contribution is 6.09. The molecule has 3 heterocycles. The van der Waals surface area contributed by atoms with E-state index >= 15 is 0 Å². The molecular formula is C52H42N4O. The Kier molecular flexibility index (Phi) is 8.37. The Bertz CT molecular complexity index is 2910. The highest BCUT2D eigenvalue weighted by Crippen LogP contribution is 2.48. The molecule has 0 atom stereocenters. The van der Waals surface area contributed by atoms with Crippen LogP contribution in [0.4, 0.5) is 22.7 Å². The third-order valence-corrected chi connectivity index (χ3v) is 11.1. The van der Waals surface area contributed by atoms with Gasteiger partial charge in [0.05, 0.1) is 28.1 Å². The zero-order valence-corrected chi connectivity index (χ0v) is 32.3. The number of pyridine rings is 1. The monoisotopic (exact) mass is 738 g/mol. The van der Waals surface area contributed by atoms with Crippen molar-refractivity contribution in [2.75, 3.05) is 16.5 Å². The van der Waals surface area contributed by atoms with Gasteiger partial charge in [0.25, 0.3) is 0 Å². The number of anilines is 4. The molecule has 0 saturated heterocycles. The van der Waals surface area contributed by atoms with Gasteiger partial charge in [-0.05, 0) is 88.3 Å². The summed E-state index contributed by atoms with van der Waals surface area (Å²) in [6.07, 6.45) is 1.92. The number of ether oxygens (including phenoxy) is 1. The van der Waals surface area contributed by atoms with Gasteiger partial charge in [-0.25, -0.2) is 4.98 Å². The summed E-state index contributed by atoms with van der Waals surface area (Å²) < 4.78 is 8.98. The van der Waals surface area contributed by atoms with Gasteiger partial charge in [0, 0.05) is 40.4 Å². The third-order valence-electron chi connectivity index (χ3n) is 11.1. The molecule has 276 valence electrons. The summed E-state index contributed by atoms with van der Waals surface area (Å²) >= 11 is 0. The van der Waals surface area contributed by atoms with Crippen molar-refractivity contribution in [2.24, 2.45) is 0 Å². The Labute approximate surface area is 333 Å². The molecule has 5 heteroatoms. The average molecular weight is 739 g/mol. The molecule has 2 aromatic heterocycles. The Morgan fingerprint density at radius 2 is 1.18 bits per heavy atom. The van der Waals surface area contributed by atoms with Gasteiger partial charge in [-0.15, -0.1) is 0 Å². The maximum Gasteiger partial charge on any atom is 0.137 e. The lowest BCUT2D eigenvalue weighted by atomic mass is 9.88. The summed E-state index contributed by atoms with van der Waals surface area (Å²) in [6, 6.07) is 64.5. The molecule has 0 saturated carbocycles. The third kappa shape index (κ3) is 6.27. The summed E-state index contributed by atoms with van der Waals surface area (Å²) in [4.78, 5) is 9.68. The molecule has 7 aromatic carbocycles. The summed E-state index contributed by atoms with van der Waals surface area (Å²) in [7, 11) is 0. The van der Waals surface area contributed by atoms with Crippen LogP contribution in [0.5, 0.6) is 11.5 Å². The Balaban J connectivity index is 1.02. The molecular weight excluding hydrogens is 697 g/mol. The SMILES string of the molecule is CC(C)(C)c1ccnc(-n2c3ccccc3c3ccc(Oc4cccc(N5CN(c6cc(-c7ccccc7)ccc6-c6ccccc6)c6ccccc65)c4)cc32)c1. The molecule has 1 aliphatic heterocycles. The van der Waals surface area contributed by atoms with Gasteiger partial charge in [-0.1, -0.05) is 130 Å². The minimum absolute atomic E-state index is 0.000985. The first-order valence-electron chi connectivity index (χ1n) is 19.6. The van der Waals surface area contributed by atoms with E-state index in [2.05, 4.69) is 211 Å². The van der Waals surface area contributed by atoms with Crippen molar-refractivity contribution in [1.29, 1.82) is 0 Å². The van der Waals surface area contributed by atoms with Crippen LogP contribution in [0.3, 0.4) is 0 Å². The summed E-state index contributed by atoms with van der Waals surface area (Å²) in [5, 5.41) is 2.35. The lowest BCUT2D eigenvalue weighted by Crippen LogP contribution is -2.24. The van der Waals surface area contributed by atoms with E-state index in [0.29, 0.717) is 6.67 Å². The largest absolute Gasteiger partial charge is 0.457 e. The maximum atomic E-state index is 6.72. The minimum Gasteiger partial charge on any atom is -0.457 e. The fourth-order valence-corrected chi connectivity index (χ4v) is 8.19. The molecule has 1 aliphatic rings. The van der Waals surface area contributed by atoms with Crippen LogP contribution in [-0.2, 0) is 5.41 Å². The zero-order valence-electron chi connectivity index (χ0n) is 32.3. The molecule has 10 rings (SSSR count). The highest BCUT2D eigenvalue weighted by Gasteiger charge is 2.30. The van der Waals surface area contributed by atoms with Gasteiger partial charge in [0.15, 0.2) is 0 Å². The Morgan fingerprint density at radius 1 is 0.491 bits per heavy atom. The number of fused-ring (bicyclic) bond motifs is 4. The number of hydrogen-bond acceptors (Lipinski definition) is 4. The van der Waals surface area contributed by atoms with E-state index in [1.807, 2.05) is 12.3 Å². The normalized spacial score (nSPS) is 12.7. The van der Waals surface area contributed by atoms with Crippen molar-refractivity contribution < 1.29 is 4.74 Å². The summed E-state index contributed by atoms with van der Waals surface area (Å²) in [5.74, 6) is 2.44. The van der Waals surface area contributed by atoms with E-state index in [1.54, 1.807) is 0 Å². The standard InChI is InChI=1S/C52H42N4O/c1-52(2,3)39-29-30-53-51(32-39)56-46-22-11-10-21-44(46)45-28-26-42(34-50(45)56)57-41-20-14-19-40(33-41)54-35-55(48-24-13-12-23-47(48)54)49-31-38(36-15-6-4-7-16-36)25-27-43(49)37-17-8-5-9-18-37/h4-34H,35H2,1-3H3. The first-order valence-corrected chi connectivity index (χ1v) is 19.6. The summed E-state index contributed by atoms with van der Waals surface area (Å²) in [5.41, 5.74) is 12.7. The molecule has 0 N–H and O–H groups in total. The molecule has 0 amide bonds. The van der Waals surface area contributed by atoms with Gasteiger partial charge < -0.3 is 14.5 Å². The van der Waals surface area contributed by atoms with E-state index in [4.69, 9.17) is 9.72 Å². The first kappa shape index (κ1) is 34.4. The quantitative estimate of drug-likeness (QED) is 0.163. The van der Waals surface area contributed by atoms with Gasteiger partial charge >= 0.3 is 0 Å². The van der Waals surface area contributed by atoms with Gasteiger partial charge in [-0.3, -0.25) is 4.57 Å². The predicted octanol–water partition coefficient (Wildman–Crippen LogP) is 13.8. The zero-order chi connectivity index (χ0) is 38.5. The van der Waals surface area contributed by atoms with E-state index in [0.717, 1.165) is 56.5 Å². The van der Waals surface area contributed by atoms with E-state index in [-0.39, 0.29) is 5.41 Å². The predicted molar refractivity (Wildman–Crippen MR) is 237 cm³/mol. The van der Waals surface area contributed by atoms with Crippen molar-refractivity contribution >= 4 is 44.6 Å². The van der Waals surface area contributed by atoms with E-state index in [9.17, 15) is 0 Å². The number of rotatable bonds is 7. The second-order valence-electron chi connectivity index (χ2n) is 15.7. The number of hydrogen-bond donors (Lipinski definition) is 0. The van der Waals surface area contributed by atoms with Gasteiger partial charge in [0.1, 0.15) is 24.0 Å². The Hall–Kier alpha value is -7.11. The van der Waals surface area contributed by atoms with Crippen LogP contribution in [0.2, 0.25) is 0 Å². The van der Waals surface area contributed by atoms with E-state index < -0.39 is 0 Å². The van der Waals surface area contributed by atoms with Crippen molar-refractivity contribution in [3.63, 3.8) is 0 Å². The fourth-order valence-electron chi connectivity index (χ4n) is 8.19. The molecule has 0 radical (unpaired) electrons. The average Bonchev–Trinajstić information content (AvgIpc) is 3.80. The van der Waals surface area contributed by atoms with Crippen LogP contribution < -0.4 is 14.5 Å². The van der Waals surface area contributed by atoms with Gasteiger partial charge in [0.2, 0.25) is 0 Å². The Morgan fingerprint density at radius 3 is 1.96 bits per heavy atom. The molecule has 57 heavy (non-hydrogen) atoms. The van der Waals surface area contributed by atoms with Crippen molar-refractivity contribution in [2.45, 2.75) is 26.2 Å². The van der Waals surface area contributed by atoms with Crippen LogP contribution in [0.25, 0.3) is 49.9 Å². The van der Waals surface area contributed by atoms with Gasteiger partial charge in [-0.2, -0.15) is 0 Å². The fraction of sp³-hybridized carbons (Fsp3) is 0.0962. The second-order valence-corrected chi connectivity index (χ2v) is 15.7. The topological polar surface area (TPSA) is 33.5 Å². The van der Waals surface area contributed by atoms with Crippen LogP contribution >= 0.6 is 0 Å². The number of para-hydroxylation sites is 3. The number of aromatic nitrogens is 2. The lowest BCUT2D eigenvalue weighted by molar-refractivity contribution is 0.483. The minimum atomic E-state index is -0.000985. The molecule has 0 bridgehead atoms. The molecule has 9 aromatic rings. The first-order chi connectivity index (χ1) is 27.9. The molecule has 0 aliphatic carbocycles. The van der Waals surface area contributed by atoms with Crippen LogP contribution in [0, 0.1) is 0 Å². The van der Waals surface area contributed by atoms with Crippen LogP contribution in [0.1, 0.15) is 26.3 Å². The van der Waals surface area contributed by atoms with Crippen molar-refractivity contribution in [3.05, 3.63) is 194 Å². The summed E-state index contributed by atoms with van der Waals surface area (Å²) in [6.45, 7) is 7.36. The molecule has 5 nitrogen and oxygen atoms in total. The molecule has 0 spiro atoms. The lowest BCUT2D eigenvalue weighted by Gasteiger charge is -2.25.